The van der Waals surface area contributed by atoms with E-state index in [4.69, 9.17) is 23.2 Å². The van der Waals surface area contributed by atoms with Crippen LogP contribution in [0.1, 0.15) is 5.56 Å². The monoisotopic (exact) mass is 218 g/mol. The number of hydrogen-bond acceptors (Lipinski definition) is 0. The lowest BCUT2D eigenvalue weighted by atomic mass is 10.2. The topological polar surface area (TPSA) is 0 Å². The van der Waals surface area contributed by atoms with Gasteiger partial charge in [0.2, 0.25) is 0 Å². The van der Waals surface area contributed by atoms with Gasteiger partial charge < -0.3 is 0 Å². The maximum Gasteiger partial charge on any atom is 0.0908 e. The summed E-state index contributed by atoms with van der Waals surface area (Å²) in [5.41, 5.74) is 1.39. The Labute approximate surface area is 85.7 Å². The van der Waals surface area contributed by atoms with E-state index in [1.807, 2.05) is 6.07 Å². The van der Waals surface area contributed by atoms with E-state index in [2.05, 4.69) is 24.3 Å². The second-order valence-electron chi connectivity index (χ2n) is 2.77. The van der Waals surface area contributed by atoms with Crippen LogP contribution in [0.25, 0.3) is 0 Å². The highest BCUT2D eigenvalue weighted by molar-refractivity contribution is 6.68. The zero-order valence-corrected chi connectivity index (χ0v) is 9.77. The van der Waals surface area contributed by atoms with Gasteiger partial charge in [0, 0.05) is 0 Å². The van der Waals surface area contributed by atoms with Crippen LogP contribution in [0.4, 0.5) is 0 Å². The molecule has 3 heteroatoms. The van der Waals surface area contributed by atoms with Crippen molar-refractivity contribution in [1.29, 1.82) is 0 Å². The Morgan fingerprint density at radius 2 is 1.83 bits per heavy atom. The molecule has 0 aliphatic carbocycles. The highest BCUT2D eigenvalue weighted by atomic mass is 35.5. The molecular weight excluding hydrogens is 207 g/mol. The molecule has 0 spiro atoms. The fraction of sp³-hybridized carbons (Fsp3) is 0.333. The predicted molar refractivity (Wildman–Crippen MR) is 59.0 cm³/mol. The van der Waals surface area contributed by atoms with Gasteiger partial charge in [-0.2, -0.15) is 0 Å². The molecule has 0 bridgehead atoms. The lowest BCUT2D eigenvalue weighted by Gasteiger charge is -2.00. The molecule has 1 aromatic carbocycles. The molecule has 0 aliphatic heterocycles. The van der Waals surface area contributed by atoms with Crippen LogP contribution in [0.15, 0.2) is 30.3 Å². The van der Waals surface area contributed by atoms with Crippen LogP contribution in [0.5, 0.6) is 0 Å². The first kappa shape index (κ1) is 10.1. The minimum absolute atomic E-state index is 0.0753. The Morgan fingerprint density at radius 1 is 1.17 bits per heavy atom. The fourth-order valence-electron chi connectivity index (χ4n) is 1.11. The molecule has 0 saturated carbocycles. The van der Waals surface area contributed by atoms with E-state index in [1.54, 1.807) is 0 Å². The van der Waals surface area contributed by atoms with Crippen molar-refractivity contribution in [2.75, 3.05) is 0 Å². The average Bonchev–Trinajstić information content (AvgIpc) is 2.05. The van der Waals surface area contributed by atoms with Gasteiger partial charge in [-0.15, -0.1) is 23.2 Å². The van der Waals surface area contributed by atoms with E-state index in [1.165, 1.54) is 11.6 Å². The number of alkyl halides is 2. The molecular formula is C9H12Cl2Si. The number of aryl methyl sites for hydroxylation is 1. The van der Waals surface area contributed by atoms with Gasteiger partial charge >= 0.3 is 0 Å². The molecule has 0 amide bonds. The molecule has 1 aromatic rings. The van der Waals surface area contributed by atoms with Gasteiger partial charge in [0.25, 0.3) is 0 Å². The maximum atomic E-state index is 5.67. The van der Waals surface area contributed by atoms with Crippen LogP contribution in [0.2, 0.25) is 6.04 Å². The summed E-state index contributed by atoms with van der Waals surface area (Å²) in [6.07, 6.45) is 1.13. The van der Waals surface area contributed by atoms with Crippen molar-refractivity contribution in [3.05, 3.63) is 35.9 Å². The van der Waals surface area contributed by atoms with Crippen LogP contribution in [0, 0.1) is 0 Å². The van der Waals surface area contributed by atoms with Gasteiger partial charge in [0.15, 0.2) is 0 Å². The summed E-state index contributed by atoms with van der Waals surface area (Å²) in [6, 6.07) is 11.7. The van der Waals surface area contributed by atoms with E-state index in [0.29, 0.717) is 0 Å². The van der Waals surface area contributed by atoms with Crippen molar-refractivity contribution >= 4 is 32.7 Å². The highest BCUT2D eigenvalue weighted by Gasteiger charge is 1.99. The second-order valence-corrected chi connectivity index (χ2v) is 7.18. The Bertz CT molecular complexity index is 211. The van der Waals surface area contributed by atoms with E-state index in [9.17, 15) is 0 Å². The van der Waals surface area contributed by atoms with E-state index < -0.39 is 0 Å². The third-order valence-electron chi connectivity index (χ3n) is 1.73. The van der Waals surface area contributed by atoms with Crippen molar-refractivity contribution in [3.8, 4) is 0 Å². The Balaban J connectivity index is 2.25. The number of benzene rings is 1. The van der Waals surface area contributed by atoms with Gasteiger partial charge in [-0.25, -0.2) is 0 Å². The summed E-state index contributed by atoms with van der Waals surface area (Å²) in [4.78, 5) is 0. The molecule has 66 valence electrons. The fourth-order valence-corrected chi connectivity index (χ4v) is 2.95. The molecule has 0 N–H and O–H groups in total. The first-order chi connectivity index (χ1) is 5.79. The number of hydrogen-bond donors (Lipinski definition) is 0. The Morgan fingerprint density at radius 3 is 2.42 bits per heavy atom. The third-order valence-corrected chi connectivity index (χ3v) is 4.24. The van der Waals surface area contributed by atoms with Crippen LogP contribution in [0.3, 0.4) is 0 Å². The largest absolute Gasteiger partial charge is 0.110 e. The van der Waals surface area contributed by atoms with E-state index >= 15 is 0 Å². The van der Waals surface area contributed by atoms with E-state index in [0.717, 1.165) is 6.42 Å². The van der Waals surface area contributed by atoms with Crippen LogP contribution in [-0.4, -0.2) is 14.0 Å². The second kappa shape index (κ2) is 5.63. The molecule has 0 radical (unpaired) electrons. The molecule has 0 unspecified atom stereocenters. The molecule has 0 saturated heterocycles. The van der Waals surface area contributed by atoms with Crippen LogP contribution in [-0.2, 0) is 6.42 Å². The lowest BCUT2D eigenvalue weighted by Crippen LogP contribution is -2.01. The number of rotatable bonds is 4. The SMILES string of the molecule is ClC(Cl)[SiH2]CCc1ccccc1. The highest BCUT2D eigenvalue weighted by Crippen LogP contribution is 2.06. The summed E-state index contributed by atoms with van der Waals surface area (Å²) in [5, 5.41) is 0. The van der Waals surface area contributed by atoms with Gasteiger partial charge in [-0.1, -0.05) is 36.4 Å². The van der Waals surface area contributed by atoms with Gasteiger partial charge in [0.05, 0.1) is 14.0 Å². The van der Waals surface area contributed by atoms with Crippen LogP contribution >= 0.6 is 23.2 Å². The first-order valence-electron chi connectivity index (χ1n) is 4.11. The molecule has 12 heavy (non-hydrogen) atoms. The summed E-state index contributed by atoms with van der Waals surface area (Å²) in [5.74, 6) is 0. The minimum Gasteiger partial charge on any atom is -0.110 e. The summed E-state index contributed by atoms with van der Waals surface area (Å²) in [6.45, 7) is 0. The lowest BCUT2D eigenvalue weighted by molar-refractivity contribution is 1.12. The molecule has 0 fully saturated rings. The van der Waals surface area contributed by atoms with Gasteiger partial charge in [0.1, 0.15) is 0 Å². The van der Waals surface area contributed by atoms with Crippen molar-refractivity contribution in [3.63, 3.8) is 0 Å². The molecule has 0 aromatic heterocycles. The summed E-state index contributed by atoms with van der Waals surface area (Å²) < 4.78 is -0.0753. The van der Waals surface area contributed by atoms with Crippen LogP contribution < -0.4 is 0 Å². The van der Waals surface area contributed by atoms with Gasteiger partial charge in [-0.05, 0) is 12.0 Å². The minimum atomic E-state index is -0.267. The Kier molecular flexibility index (Phi) is 4.74. The first-order valence-corrected chi connectivity index (χ1v) is 6.80. The maximum absolute atomic E-state index is 5.67. The predicted octanol–water partition coefficient (Wildman–Crippen LogP) is 2.58. The van der Waals surface area contributed by atoms with Gasteiger partial charge in [-0.3, -0.25) is 0 Å². The number of halogens is 2. The third kappa shape index (κ3) is 4.15. The van der Waals surface area contributed by atoms with Crippen molar-refractivity contribution in [2.45, 2.75) is 16.9 Å². The summed E-state index contributed by atoms with van der Waals surface area (Å²) in [7, 11) is -0.267. The van der Waals surface area contributed by atoms with Crippen molar-refractivity contribution < 1.29 is 0 Å². The standard InChI is InChI=1S/C9H12Cl2Si/c10-9(11)12-7-6-8-4-2-1-3-5-8/h1-5,9H,6-7,12H2. The molecule has 0 aliphatic rings. The molecule has 0 heterocycles. The molecule has 0 nitrogen and oxygen atoms in total. The van der Waals surface area contributed by atoms with Crippen molar-refractivity contribution in [1.82, 2.24) is 0 Å². The zero-order chi connectivity index (χ0) is 8.81. The quantitative estimate of drug-likeness (QED) is 0.539. The smallest absolute Gasteiger partial charge is 0.0908 e. The Hall–Kier alpha value is 0.0169. The van der Waals surface area contributed by atoms with E-state index in [-0.39, 0.29) is 14.0 Å². The molecule has 1 rings (SSSR count). The normalized spacial score (nSPS) is 11.6. The average molecular weight is 219 g/mol. The zero-order valence-electron chi connectivity index (χ0n) is 6.84. The molecule has 0 atom stereocenters. The summed E-state index contributed by atoms with van der Waals surface area (Å²) >= 11 is 11.3. The van der Waals surface area contributed by atoms with Crippen molar-refractivity contribution in [2.24, 2.45) is 0 Å².